The molecule has 5 N–H and O–H groups in total. The molecule has 1 aliphatic carbocycles. The Morgan fingerprint density at radius 2 is 1.83 bits per heavy atom. The molecule has 3 aromatic heterocycles. The van der Waals surface area contributed by atoms with E-state index >= 15 is 0 Å². The SMILES string of the molecule is Cc1cc(C)c2c(N)c(C(=O)Nc3sc4c(c3C(N)=O)CCCCCC4)sc2n1. The van der Waals surface area contributed by atoms with Crippen LogP contribution in [-0.2, 0) is 12.8 Å². The standard InChI is InChI=1S/C21H24N4O2S2/c1-10-9-11(2)24-20-14(10)16(22)17(29-20)19(27)25-21-15(18(23)26)12-7-5-3-4-6-8-13(12)28-21/h9H,3-8,22H2,1-2H3,(H2,23,26)(H,25,27). The minimum Gasteiger partial charge on any atom is -0.397 e. The van der Waals surface area contributed by atoms with Crippen LogP contribution in [0.15, 0.2) is 6.07 Å². The summed E-state index contributed by atoms with van der Waals surface area (Å²) < 4.78 is 0. The summed E-state index contributed by atoms with van der Waals surface area (Å²) in [5.41, 5.74) is 15.8. The van der Waals surface area contributed by atoms with Gasteiger partial charge in [-0.3, -0.25) is 9.59 Å². The van der Waals surface area contributed by atoms with Crippen LogP contribution in [0.1, 0.15) is 67.4 Å². The fraction of sp³-hybridized carbons (Fsp3) is 0.381. The van der Waals surface area contributed by atoms with Gasteiger partial charge in [-0.15, -0.1) is 22.7 Å². The highest BCUT2D eigenvalue weighted by Crippen LogP contribution is 2.39. The van der Waals surface area contributed by atoms with Crippen molar-refractivity contribution in [3.8, 4) is 0 Å². The third kappa shape index (κ3) is 3.62. The van der Waals surface area contributed by atoms with E-state index in [2.05, 4.69) is 10.3 Å². The third-order valence-corrected chi connectivity index (χ3v) is 7.68. The van der Waals surface area contributed by atoms with Crippen molar-refractivity contribution in [1.82, 2.24) is 4.98 Å². The monoisotopic (exact) mass is 428 g/mol. The highest BCUT2D eigenvalue weighted by molar-refractivity contribution is 7.21. The van der Waals surface area contributed by atoms with Crippen LogP contribution in [-0.4, -0.2) is 16.8 Å². The maximum atomic E-state index is 13.1. The number of nitrogen functional groups attached to an aromatic ring is 1. The number of aryl methyl sites for hydroxylation is 3. The molecule has 3 aromatic rings. The fourth-order valence-corrected chi connectivity index (χ4v) is 6.47. The summed E-state index contributed by atoms with van der Waals surface area (Å²) in [6, 6.07) is 1.96. The molecule has 2 amide bonds. The average Bonchev–Trinajstić information content (AvgIpc) is 3.12. The highest BCUT2D eigenvalue weighted by Gasteiger charge is 2.26. The number of anilines is 2. The Kier molecular flexibility index (Phi) is 5.31. The van der Waals surface area contributed by atoms with Crippen molar-refractivity contribution >= 4 is 55.4 Å². The molecule has 152 valence electrons. The Balaban J connectivity index is 1.73. The zero-order chi connectivity index (χ0) is 20.7. The van der Waals surface area contributed by atoms with Gasteiger partial charge in [-0.25, -0.2) is 4.98 Å². The van der Waals surface area contributed by atoms with Gasteiger partial charge in [0, 0.05) is 16.0 Å². The second-order valence-corrected chi connectivity index (χ2v) is 9.65. The predicted octanol–water partition coefficient (Wildman–Crippen LogP) is 4.57. The molecule has 0 radical (unpaired) electrons. The van der Waals surface area contributed by atoms with E-state index in [1.54, 1.807) is 0 Å². The summed E-state index contributed by atoms with van der Waals surface area (Å²) in [5.74, 6) is -0.810. The fourth-order valence-electron chi connectivity index (χ4n) is 4.07. The molecule has 4 rings (SSSR count). The first-order valence-corrected chi connectivity index (χ1v) is 11.4. The first-order valence-electron chi connectivity index (χ1n) is 9.78. The number of hydrogen-bond acceptors (Lipinski definition) is 6. The molecule has 0 aliphatic heterocycles. The normalized spacial score (nSPS) is 14.3. The van der Waals surface area contributed by atoms with Gasteiger partial charge in [0.15, 0.2) is 0 Å². The number of carbonyl (C=O) groups excluding carboxylic acids is 2. The number of thiophene rings is 2. The molecule has 6 nitrogen and oxygen atoms in total. The smallest absolute Gasteiger partial charge is 0.268 e. The summed E-state index contributed by atoms with van der Waals surface area (Å²) in [7, 11) is 0. The van der Waals surface area contributed by atoms with Gasteiger partial charge in [0.2, 0.25) is 0 Å². The molecule has 0 aromatic carbocycles. The van der Waals surface area contributed by atoms with Crippen LogP contribution in [0.2, 0.25) is 0 Å². The Labute approximate surface area is 177 Å². The largest absolute Gasteiger partial charge is 0.397 e. The lowest BCUT2D eigenvalue weighted by atomic mass is 9.96. The van der Waals surface area contributed by atoms with E-state index in [0.29, 0.717) is 21.1 Å². The van der Waals surface area contributed by atoms with Crippen LogP contribution >= 0.6 is 22.7 Å². The second-order valence-electron chi connectivity index (χ2n) is 7.55. The average molecular weight is 429 g/mol. The number of hydrogen-bond donors (Lipinski definition) is 3. The number of aromatic nitrogens is 1. The van der Waals surface area contributed by atoms with Gasteiger partial charge in [-0.2, -0.15) is 0 Å². The van der Waals surface area contributed by atoms with E-state index in [1.807, 2.05) is 19.9 Å². The van der Waals surface area contributed by atoms with Crippen LogP contribution in [0.25, 0.3) is 10.2 Å². The van der Waals surface area contributed by atoms with E-state index in [1.165, 1.54) is 29.1 Å². The molecule has 8 heteroatoms. The van der Waals surface area contributed by atoms with Crippen molar-refractivity contribution in [3.05, 3.63) is 38.2 Å². The molecule has 29 heavy (non-hydrogen) atoms. The summed E-state index contributed by atoms with van der Waals surface area (Å²) in [4.78, 5) is 32.1. The highest BCUT2D eigenvalue weighted by atomic mass is 32.1. The van der Waals surface area contributed by atoms with Gasteiger partial charge >= 0.3 is 0 Å². The number of primary amides is 1. The minimum absolute atomic E-state index is 0.320. The molecule has 0 unspecified atom stereocenters. The molecule has 0 saturated heterocycles. The van der Waals surface area contributed by atoms with E-state index in [0.717, 1.165) is 64.0 Å². The summed E-state index contributed by atoms with van der Waals surface area (Å²) >= 11 is 2.75. The number of fused-ring (bicyclic) bond motifs is 2. The van der Waals surface area contributed by atoms with E-state index in [9.17, 15) is 9.59 Å². The first kappa shape index (κ1) is 19.8. The number of nitrogens with two attached hydrogens (primary N) is 2. The number of carbonyl (C=O) groups is 2. The molecule has 0 fully saturated rings. The Hall–Kier alpha value is -2.45. The second kappa shape index (κ2) is 7.76. The summed E-state index contributed by atoms with van der Waals surface area (Å²) in [5, 5.41) is 4.28. The Morgan fingerprint density at radius 3 is 2.55 bits per heavy atom. The van der Waals surface area contributed by atoms with Crippen molar-refractivity contribution in [2.24, 2.45) is 5.73 Å². The molecule has 0 spiro atoms. The van der Waals surface area contributed by atoms with Gasteiger partial charge < -0.3 is 16.8 Å². The molecular weight excluding hydrogens is 404 g/mol. The number of rotatable bonds is 3. The molecule has 3 heterocycles. The van der Waals surface area contributed by atoms with Crippen LogP contribution in [0.4, 0.5) is 10.7 Å². The van der Waals surface area contributed by atoms with Crippen molar-refractivity contribution in [1.29, 1.82) is 0 Å². The zero-order valence-corrected chi connectivity index (χ0v) is 18.2. The van der Waals surface area contributed by atoms with E-state index in [-0.39, 0.29) is 5.91 Å². The maximum absolute atomic E-state index is 13.1. The van der Waals surface area contributed by atoms with Crippen LogP contribution < -0.4 is 16.8 Å². The van der Waals surface area contributed by atoms with Crippen LogP contribution in [0.3, 0.4) is 0 Å². The topological polar surface area (TPSA) is 111 Å². The molecule has 0 atom stereocenters. The number of nitrogens with zero attached hydrogens (tertiary/aromatic N) is 1. The molecular formula is C21H24N4O2S2. The van der Waals surface area contributed by atoms with Gasteiger partial charge in [0.25, 0.3) is 11.8 Å². The number of nitrogens with one attached hydrogen (secondary N) is 1. The van der Waals surface area contributed by atoms with Crippen molar-refractivity contribution in [2.75, 3.05) is 11.1 Å². The summed E-state index contributed by atoms with van der Waals surface area (Å²) in [6.45, 7) is 3.88. The number of amides is 2. The molecule has 1 aliphatic rings. The number of pyridine rings is 1. The lowest BCUT2D eigenvalue weighted by Crippen LogP contribution is -2.18. The Bertz CT molecular complexity index is 1130. The van der Waals surface area contributed by atoms with Gasteiger partial charge in [-0.05, 0) is 56.7 Å². The third-order valence-electron chi connectivity index (χ3n) is 5.38. The summed E-state index contributed by atoms with van der Waals surface area (Å²) in [6.07, 6.45) is 6.21. The zero-order valence-electron chi connectivity index (χ0n) is 16.6. The lowest BCUT2D eigenvalue weighted by molar-refractivity contribution is 0.100. The van der Waals surface area contributed by atoms with Gasteiger partial charge in [-0.1, -0.05) is 12.8 Å². The van der Waals surface area contributed by atoms with Gasteiger partial charge in [0.1, 0.15) is 14.7 Å². The van der Waals surface area contributed by atoms with Crippen molar-refractivity contribution in [3.63, 3.8) is 0 Å². The lowest BCUT2D eigenvalue weighted by Gasteiger charge is -2.10. The maximum Gasteiger partial charge on any atom is 0.268 e. The van der Waals surface area contributed by atoms with Crippen molar-refractivity contribution in [2.45, 2.75) is 52.4 Å². The molecule has 0 bridgehead atoms. The van der Waals surface area contributed by atoms with Crippen molar-refractivity contribution < 1.29 is 9.59 Å². The predicted molar refractivity (Wildman–Crippen MR) is 120 cm³/mol. The quantitative estimate of drug-likeness (QED) is 0.567. The molecule has 0 saturated carbocycles. The van der Waals surface area contributed by atoms with Gasteiger partial charge in [0.05, 0.1) is 11.3 Å². The first-order chi connectivity index (χ1) is 13.9. The van der Waals surface area contributed by atoms with Crippen LogP contribution in [0.5, 0.6) is 0 Å². The van der Waals surface area contributed by atoms with Crippen LogP contribution in [0, 0.1) is 13.8 Å². The Morgan fingerprint density at radius 1 is 1.10 bits per heavy atom. The minimum atomic E-state index is -0.490. The van der Waals surface area contributed by atoms with E-state index < -0.39 is 5.91 Å². The van der Waals surface area contributed by atoms with E-state index in [4.69, 9.17) is 11.5 Å².